The summed E-state index contributed by atoms with van der Waals surface area (Å²) >= 11 is 1.59. The number of nitro groups is 1. The van der Waals surface area contributed by atoms with Crippen molar-refractivity contribution in [2.45, 2.75) is 34.2 Å². The number of hydrogen-bond acceptors (Lipinski definition) is 4. The predicted octanol–water partition coefficient (Wildman–Crippen LogP) is 5.63. The summed E-state index contributed by atoms with van der Waals surface area (Å²) in [6, 6.07) is 13.0. The second-order valence-corrected chi connectivity index (χ2v) is 8.01. The van der Waals surface area contributed by atoms with Gasteiger partial charge in [0.2, 0.25) is 0 Å². The molecule has 0 N–H and O–H groups in total. The van der Waals surface area contributed by atoms with E-state index in [0.29, 0.717) is 5.92 Å². The van der Waals surface area contributed by atoms with Gasteiger partial charge in [0.1, 0.15) is 0 Å². The zero-order valence-corrected chi connectivity index (χ0v) is 16.8. The molecular weight excluding hydrogens is 358 g/mol. The van der Waals surface area contributed by atoms with E-state index < -0.39 is 0 Å². The number of thiazole rings is 1. The first-order valence-corrected chi connectivity index (χ1v) is 9.77. The molecule has 5 nitrogen and oxygen atoms in total. The molecule has 0 spiro atoms. The molecule has 0 radical (unpaired) electrons. The molecule has 3 aromatic rings. The summed E-state index contributed by atoms with van der Waals surface area (Å²) in [4.78, 5) is 16.3. The number of nitrogens with zero attached hydrogens (tertiary/aromatic N) is 3. The highest BCUT2D eigenvalue weighted by Gasteiger charge is 2.12. The molecule has 0 atom stereocenters. The molecule has 0 bridgehead atoms. The third kappa shape index (κ3) is 4.52. The second-order valence-electron chi connectivity index (χ2n) is 7.17. The molecule has 0 saturated heterocycles. The van der Waals surface area contributed by atoms with Crippen molar-refractivity contribution in [2.24, 2.45) is 10.9 Å². The maximum absolute atomic E-state index is 10.9. The summed E-state index contributed by atoms with van der Waals surface area (Å²) in [5.74, 6) is 0.453. The SMILES string of the molecule is Cc1cc(C)cc(N=c2scc(-c3ccc([N+](=O)[O-])cc3)n2CC(C)C)c1. The third-order valence-electron chi connectivity index (χ3n) is 4.15. The van der Waals surface area contributed by atoms with Gasteiger partial charge in [-0.05, 0) is 60.7 Å². The average Bonchev–Trinajstić information content (AvgIpc) is 2.96. The zero-order valence-electron chi connectivity index (χ0n) is 16.0. The highest BCUT2D eigenvalue weighted by molar-refractivity contribution is 7.07. The Bertz CT molecular complexity index is 1010. The van der Waals surface area contributed by atoms with Crippen molar-refractivity contribution in [3.8, 4) is 11.3 Å². The molecule has 27 heavy (non-hydrogen) atoms. The van der Waals surface area contributed by atoms with E-state index >= 15 is 0 Å². The Balaban J connectivity index is 2.11. The fraction of sp³-hybridized carbons (Fsp3) is 0.286. The van der Waals surface area contributed by atoms with Gasteiger partial charge >= 0.3 is 0 Å². The minimum absolute atomic E-state index is 0.101. The van der Waals surface area contributed by atoms with E-state index in [9.17, 15) is 10.1 Å². The standard InChI is InChI=1S/C21H23N3O2S/c1-14(2)12-23-20(17-5-7-19(8-6-17)24(25)26)13-27-21(23)22-18-10-15(3)9-16(4)11-18/h5-11,13-14H,12H2,1-4H3. The van der Waals surface area contributed by atoms with Crippen molar-refractivity contribution in [3.05, 3.63) is 73.9 Å². The van der Waals surface area contributed by atoms with Crippen molar-refractivity contribution >= 4 is 22.7 Å². The van der Waals surface area contributed by atoms with Gasteiger partial charge in [0, 0.05) is 24.1 Å². The fourth-order valence-electron chi connectivity index (χ4n) is 3.07. The Labute approximate surface area is 162 Å². The number of nitro benzene ring substituents is 1. The van der Waals surface area contributed by atoms with Crippen LogP contribution in [-0.2, 0) is 6.54 Å². The number of aromatic nitrogens is 1. The number of rotatable bonds is 5. The molecule has 0 aliphatic rings. The summed E-state index contributed by atoms with van der Waals surface area (Å²) in [5.41, 5.74) is 5.42. The first-order chi connectivity index (χ1) is 12.8. The molecule has 0 fully saturated rings. The lowest BCUT2D eigenvalue weighted by atomic mass is 10.1. The minimum atomic E-state index is -0.375. The first kappa shape index (κ1) is 19.0. The first-order valence-electron chi connectivity index (χ1n) is 8.89. The van der Waals surface area contributed by atoms with Crippen LogP contribution in [0.1, 0.15) is 25.0 Å². The van der Waals surface area contributed by atoms with Crippen LogP contribution in [0.25, 0.3) is 11.3 Å². The van der Waals surface area contributed by atoms with Crippen LogP contribution in [0.5, 0.6) is 0 Å². The third-order valence-corrected chi connectivity index (χ3v) is 5.01. The molecule has 0 aliphatic heterocycles. The van der Waals surface area contributed by atoms with E-state index in [0.717, 1.165) is 28.3 Å². The van der Waals surface area contributed by atoms with Crippen molar-refractivity contribution in [3.63, 3.8) is 0 Å². The highest BCUT2D eigenvalue weighted by atomic mass is 32.1. The molecular formula is C21H23N3O2S. The lowest BCUT2D eigenvalue weighted by Crippen LogP contribution is -2.18. The summed E-state index contributed by atoms with van der Waals surface area (Å²) in [6.07, 6.45) is 0. The van der Waals surface area contributed by atoms with Crippen LogP contribution in [0, 0.1) is 29.9 Å². The predicted molar refractivity (Wildman–Crippen MR) is 110 cm³/mol. The number of non-ortho nitro benzene ring substituents is 1. The summed E-state index contributed by atoms with van der Waals surface area (Å²) in [5, 5.41) is 13.0. The largest absolute Gasteiger partial charge is 0.316 e. The van der Waals surface area contributed by atoms with Gasteiger partial charge in [0.05, 0.1) is 16.3 Å². The van der Waals surface area contributed by atoms with Crippen molar-refractivity contribution in [1.82, 2.24) is 4.57 Å². The van der Waals surface area contributed by atoms with E-state index in [1.165, 1.54) is 11.1 Å². The van der Waals surface area contributed by atoms with Gasteiger partial charge in [-0.15, -0.1) is 11.3 Å². The van der Waals surface area contributed by atoms with Crippen LogP contribution in [0.2, 0.25) is 0 Å². The molecule has 3 rings (SSSR count). The van der Waals surface area contributed by atoms with Crippen molar-refractivity contribution in [2.75, 3.05) is 0 Å². The molecule has 0 unspecified atom stereocenters. The van der Waals surface area contributed by atoms with Gasteiger partial charge in [-0.1, -0.05) is 19.9 Å². The molecule has 140 valence electrons. The van der Waals surface area contributed by atoms with Crippen molar-refractivity contribution in [1.29, 1.82) is 0 Å². The second kappa shape index (κ2) is 7.88. The maximum atomic E-state index is 10.9. The van der Waals surface area contributed by atoms with Crippen molar-refractivity contribution < 1.29 is 4.92 Å². The lowest BCUT2D eigenvalue weighted by Gasteiger charge is -2.11. The zero-order chi connectivity index (χ0) is 19.6. The van der Waals surface area contributed by atoms with Gasteiger partial charge in [-0.25, -0.2) is 4.99 Å². The molecule has 0 amide bonds. The van der Waals surface area contributed by atoms with E-state index in [2.05, 4.69) is 55.8 Å². The minimum Gasteiger partial charge on any atom is -0.316 e. The van der Waals surface area contributed by atoms with E-state index in [1.54, 1.807) is 35.6 Å². The Kier molecular flexibility index (Phi) is 5.56. The smallest absolute Gasteiger partial charge is 0.269 e. The molecule has 6 heteroatoms. The Hall–Kier alpha value is -2.73. The Morgan fingerprint density at radius 2 is 1.74 bits per heavy atom. The van der Waals surface area contributed by atoms with Crippen LogP contribution in [0.4, 0.5) is 11.4 Å². The van der Waals surface area contributed by atoms with Gasteiger partial charge in [0.25, 0.3) is 5.69 Å². The van der Waals surface area contributed by atoms with Crippen LogP contribution in [-0.4, -0.2) is 9.49 Å². The lowest BCUT2D eigenvalue weighted by molar-refractivity contribution is -0.384. The maximum Gasteiger partial charge on any atom is 0.269 e. The van der Waals surface area contributed by atoms with Gasteiger partial charge < -0.3 is 4.57 Å². The van der Waals surface area contributed by atoms with Crippen LogP contribution in [0.3, 0.4) is 0 Å². The molecule has 0 aliphatic carbocycles. The summed E-state index contributed by atoms with van der Waals surface area (Å²) < 4.78 is 2.20. The summed E-state index contributed by atoms with van der Waals surface area (Å²) in [7, 11) is 0. The van der Waals surface area contributed by atoms with Gasteiger partial charge in [-0.3, -0.25) is 10.1 Å². The molecule has 2 aromatic carbocycles. The highest BCUT2D eigenvalue weighted by Crippen LogP contribution is 2.24. The Morgan fingerprint density at radius 1 is 1.11 bits per heavy atom. The average molecular weight is 382 g/mol. The number of aryl methyl sites for hydroxylation is 2. The van der Waals surface area contributed by atoms with E-state index in [1.807, 2.05) is 0 Å². The molecule has 1 aromatic heterocycles. The van der Waals surface area contributed by atoms with E-state index in [4.69, 9.17) is 4.99 Å². The quantitative estimate of drug-likeness (QED) is 0.425. The van der Waals surface area contributed by atoms with Crippen LogP contribution >= 0.6 is 11.3 Å². The van der Waals surface area contributed by atoms with Crippen LogP contribution < -0.4 is 4.80 Å². The van der Waals surface area contributed by atoms with Gasteiger partial charge in [0.15, 0.2) is 4.80 Å². The number of hydrogen-bond donors (Lipinski definition) is 0. The Morgan fingerprint density at radius 3 is 2.30 bits per heavy atom. The number of benzene rings is 2. The normalized spacial score (nSPS) is 12.0. The fourth-order valence-corrected chi connectivity index (χ4v) is 4.01. The molecule has 0 saturated carbocycles. The summed E-state index contributed by atoms with van der Waals surface area (Å²) in [6.45, 7) is 9.32. The molecule has 1 heterocycles. The van der Waals surface area contributed by atoms with Crippen LogP contribution in [0.15, 0.2) is 52.8 Å². The topological polar surface area (TPSA) is 60.4 Å². The van der Waals surface area contributed by atoms with E-state index in [-0.39, 0.29) is 10.6 Å². The monoisotopic (exact) mass is 381 g/mol. The van der Waals surface area contributed by atoms with Gasteiger partial charge in [-0.2, -0.15) is 0 Å².